The summed E-state index contributed by atoms with van der Waals surface area (Å²) in [6.45, 7) is 6.71. The normalized spacial score (nSPS) is 22.0. The summed E-state index contributed by atoms with van der Waals surface area (Å²) in [6.07, 6.45) is 3.09. The minimum absolute atomic E-state index is 0.121. The first-order valence-electron chi connectivity index (χ1n) is 10.4. The molecule has 1 spiro atoms. The van der Waals surface area contributed by atoms with Crippen LogP contribution in [-0.2, 0) is 29.1 Å². The molecule has 1 N–H and O–H groups in total. The van der Waals surface area contributed by atoms with E-state index in [0.29, 0.717) is 29.0 Å². The lowest BCUT2D eigenvalue weighted by Gasteiger charge is -2.58. The Morgan fingerprint density at radius 1 is 1.27 bits per heavy atom. The first-order chi connectivity index (χ1) is 14.4. The van der Waals surface area contributed by atoms with E-state index >= 15 is 0 Å². The van der Waals surface area contributed by atoms with Crippen molar-refractivity contribution < 1.29 is 9.35 Å². The van der Waals surface area contributed by atoms with E-state index in [4.69, 9.17) is 11.6 Å². The van der Waals surface area contributed by atoms with Crippen molar-refractivity contribution in [3.05, 3.63) is 34.5 Å². The van der Waals surface area contributed by atoms with Gasteiger partial charge < -0.3 is 9.45 Å². The molecule has 1 unspecified atom stereocenters. The van der Waals surface area contributed by atoms with Crippen molar-refractivity contribution >= 4 is 34.6 Å². The number of carbonyl (C=O) groups excluding carboxylic acids is 1. The van der Waals surface area contributed by atoms with Crippen LogP contribution in [0.4, 0.5) is 5.69 Å². The number of H-pyrrole nitrogens is 1. The molecule has 9 heteroatoms. The van der Waals surface area contributed by atoms with Crippen LogP contribution in [0, 0.1) is 5.41 Å². The van der Waals surface area contributed by atoms with Gasteiger partial charge in [-0.05, 0) is 31.0 Å². The van der Waals surface area contributed by atoms with Crippen molar-refractivity contribution in [2.45, 2.75) is 26.3 Å². The third-order valence-electron chi connectivity index (χ3n) is 6.59. The van der Waals surface area contributed by atoms with Crippen LogP contribution in [0.25, 0.3) is 11.3 Å². The van der Waals surface area contributed by atoms with Gasteiger partial charge >= 0.3 is 0 Å². The molecule has 3 aliphatic rings. The molecule has 30 heavy (non-hydrogen) atoms. The number of hydrogen-bond acceptors (Lipinski definition) is 5. The quantitative estimate of drug-likeness (QED) is 0.712. The maximum absolute atomic E-state index is 12.0. The van der Waals surface area contributed by atoms with Crippen molar-refractivity contribution in [2.75, 3.05) is 43.9 Å². The van der Waals surface area contributed by atoms with Crippen molar-refractivity contribution in [1.82, 2.24) is 19.4 Å². The van der Waals surface area contributed by atoms with Gasteiger partial charge in [-0.1, -0.05) is 11.6 Å². The highest BCUT2D eigenvalue weighted by atomic mass is 35.5. The molecule has 2 saturated heterocycles. The fraction of sp³-hybridized carbons (Fsp3) is 0.524. The Morgan fingerprint density at radius 3 is 2.77 bits per heavy atom. The summed E-state index contributed by atoms with van der Waals surface area (Å²) >= 11 is 5.97. The van der Waals surface area contributed by atoms with Gasteiger partial charge in [0.15, 0.2) is 0 Å². The number of halogens is 1. The summed E-state index contributed by atoms with van der Waals surface area (Å²) in [5.74, 6) is 0.819. The monoisotopic (exact) mass is 447 g/mol. The van der Waals surface area contributed by atoms with Gasteiger partial charge in [0, 0.05) is 72.9 Å². The summed E-state index contributed by atoms with van der Waals surface area (Å²) in [4.78, 5) is 16.1. The van der Waals surface area contributed by atoms with Gasteiger partial charge in [0.25, 0.3) is 0 Å². The number of rotatable bonds is 5. The van der Waals surface area contributed by atoms with Gasteiger partial charge in [-0.3, -0.25) is 14.8 Å². The second-order valence-electron chi connectivity index (χ2n) is 8.69. The molecule has 1 atom stereocenters. The summed E-state index contributed by atoms with van der Waals surface area (Å²) in [5.41, 5.74) is 5.14. The molecule has 2 aromatic rings. The van der Waals surface area contributed by atoms with Crippen molar-refractivity contribution in [3.8, 4) is 11.3 Å². The van der Waals surface area contributed by atoms with Crippen LogP contribution >= 0.6 is 11.6 Å². The third kappa shape index (κ3) is 3.26. The predicted molar refractivity (Wildman–Crippen MR) is 119 cm³/mol. The Balaban J connectivity index is 1.30. The summed E-state index contributed by atoms with van der Waals surface area (Å²) in [7, 11) is 1.80. The Morgan fingerprint density at radius 2 is 2.03 bits per heavy atom. The standard InChI is InChI=1S/C21H26ClN5O2S/c1-3-30(29)27-12-21(13-27)10-26(11-21)9-14-8-23-24-20(14)16-4-6-17-15(19(16)22)5-7-18(28)25(17)2/h4,6,8H,3,5,7,9-13H2,1-2H3,(H,23,24). The largest absolute Gasteiger partial charge is 0.598 e. The second kappa shape index (κ2) is 7.53. The Hall–Kier alpha value is -1.58. The number of aromatic nitrogens is 2. The van der Waals surface area contributed by atoms with E-state index in [9.17, 15) is 9.35 Å². The summed E-state index contributed by atoms with van der Waals surface area (Å²) in [5, 5.41) is 8.19. The molecule has 4 heterocycles. The Bertz CT molecular complexity index is 982. The molecule has 0 bridgehead atoms. The number of anilines is 1. The van der Waals surface area contributed by atoms with Crippen LogP contribution in [0.5, 0.6) is 0 Å². The highest BCUT2D eigenvalue weighted by molar-refractivity contribution is 7.89. The van der Waals surface area contributed by atoms with Crippen LogP contribution in [0.2, 0.25) is 5.02 Å². The number of benzene rings is 1. The second-order valence-corrected chi connectivity index (χ2v) is 10.8. The minimum atomic E-state index is -0.819. The van der Waals surface area contributed by atoms with Crippen molar-refractivity contribution in [1.29, 1.82) is 0 Å². The van der Waals surface area contributed by atoms with Gasteiger partial charge in [-0.2, -0.15) is 5.10 Å². The van der Waals surface area contributed by atoms with Crippen LogP contribution < -0.4 is 4.90 Å². The molecule has 160 valence electrons. The van der Waals surface area contributed by atoms with Crippen LogP contribution in [0.3, 0.4) is 0 Å². The van der Waals surface area contributed by atoms with Crippen LogP contribution in [-0.4, -0.2) is 68.8 Å². The number of aromatic amines is 1. The smallest absolute Gasteiger partial charge is 0.227 e. The Kier molecular flexibility index (Phi) is 5.10. The lowest BCUT2D eigenvalue weighted by atomic mass is 9.74. The molecule has 5 rings (SSSR count). The average molecular weight is 448 g/mol. The summed E-state index contributed by atoms with van der Waals surface area (Å²) < 4.78 is 14.0. The first-order valence-corrected chi connectivity index (χ1v) is 12.0. The third-order valence-corrected chi connectivity index (χ3v) is 8.35. The molecular formula is C21H26ClN5O2S. The van der Waals surface area contributed by atoms with Gasteiger partial charge in [-0.25, -0.2) is 0 Å². The fourth-order valence-corrected chi connectivity index (χ4v) is 6.58. The zero-order valence-electron chi connectivity index (χ0n) is 17.3. The highest BCUT2D eigenvalue weighted by Crippen LogP contribution is 2.43. The Labute approximate surface area is 184 Å². The molecule has 1 aromatic heterocycles. The van der Waals surface area contributed by atoms with Gasteiger partial charge in [0.1, 0.15) is 5.75 Å². The van der Waals surface area contributed by atoms with Crippen molar-refractivity contribution in [2.24, 2.45) is 5.41 Å². The number of fused-ring (bicyclic) bond motifs is 1. The van der Waals surface area contributed by atoms with E-state index < -0.39 is 11.4 Å². The number of nitrogens with zero attached hydrogens (tertiary/aromatic N) is 4. The number of nitrogens with one attached hydrogen (secondary N) is 1. The van der Waals surface area contributed by atoms with E-state index in [1.165, 1.54) is 0 Å². The number of amides is 1. The number of hydrogen-bond donors (Lipinski definition) is 1. The number of likely N-dealkylation sites (tertiary alicyclic amines) is 1. The maximum Gasteiger partial charge on any atom is 0.227 e. The first kappa shape index (κ1) is 20.3. The lowest BCUT2D eigenvalue weighted by Crippen LogP contribution is -2.72. The van der Waals surface area contributed by atoms with E-state index in [0.717, 1.165) is 60.8 Å². The van der Waals surface area contributed by atoms with Crippen molar-refractivity contribution in [3.63, 3.8) is 0 Å². The van der Waals surface area contributed by atoms with Gasteiger partial charge in [-0.15, -0.1) is 4.31 Å². The molecule has 3 aliphatic heterocycles. The molecule has 2 fully saturated rings. The lowest BCUT2D eigenvalue weighted by molar-refractivity contribution is -0.118. The SMILES string of the molecule is CC[S+]([O-])N1CC2(CN(Cc3c[nH]nc3-c3ccc4c(c3Cl)CCC(=O)N4C)C2)C1. The topological polar surface area (TPSA) is 78.5 Å². The van der Waals surface area contributed by atoms with Crippen LogP contribution in [0.15, 0.2) is 18.3 Å². The molecule has 0 radical (unpaired) electrons. The van der Waals surface area contributed by atoms with Gasteiger partial charge in [0.2, 0.25) is 5.91 Å². The molecule has 7 nitrogen and oxygen atoms in total. The zero-order valence-corrected chi connectivity index (χ0v) is 18.9. The maximum atomic E-state index is 12.0. The van der Waals surface area contributed by atoms with E-state index in [1.807, 2.05) is 25.3 Å². The molecule has 0 saturated carbocycles. The van der Waals surface area contributed by atoms with E-state index in [2.05, 4.69) is 19.4 Å². The van der Waals surface area contributed by atoms with Crippen LogP contribution in [0.1, 0.15) is 24.5 Å². The minimum Gasteiger partial charge on any atom is -0.598 e. The fourth-order valence-electron chi connectivity index (χ4n) is 5.03. The molecular weight excluding hydrogens is 422 g/mol. The predicted octanol–water partition coefficient (Wildman–Crippen LogP) is 2.44. The molecule has 0 aliphatic carbocycles. The highest BCUT2D eigenvalue weighted by Gasteiger charge is 2.55. The zero-order chi connectivity index (χ0) is 21.0. The average Bonchev–Trinajstić information content (AvgIpc) is 3.13. The summed E-state index contributed by atoms with van der Waals surface area (Å²) in [6, 6.07) is 3.94. The van der Waals surface area contributed by atoms with E-state index in [1.54, 1.807) is 11.9 Å². The number of carbonyl (C=O) groups is 1. The van der Waals surface area contributed by atoms with E-state index in [-0.39, 0.29) is 5.91 Å². The molecule has 1 aromatic carbocycles. The van der Waals surface area contributed by atoms with Gasteiger partial charge in [0.05, 0.1) is 23.8 Å². The molecule has 1 amide bonds.